The minimum Gasteiger partial charge on any atom is -0.496 e. The maximum Gasteiger partial charge on any atom is 0.126 e. The second-order valence-corrected chi connectivity index (χ2v) is 8.71. The van der Waals surface area contributed by atoms with E-state index < -0.39 is 0 Å². The molecule has 0 aliphatic heterocycles. The predicted octanol–water partition coefficient (Wildman–Crippen LogP) is 6.45. The van der Waals surface area contributed by atoms with E-state index in [4.69, 9.17) is 9.47 Å². The van der Waals surface area contributed by atoms with Crippen LogP contribution in [0.3, 0.4) is 0 Å². The summed E-state index contributed by atoms with van der Waals surface area (Å²) < 4.78 is 11.0. The van der Waals surface area contributed by atoms with E-state index >= 15 is 0 Å². The van der Waals surface area contributed by atoms with Gasteiger partial charge in [0.25, 0.3) is 0 Å². The van der Waals surface area contributed by atoms with E-state index in [0.717, 1.165) is 37.7 Å². The van der Waals surface area contributed by atoms with Crippen LogP contribution in [0.1, 0.15) is 36.8 Å². The summed E-state index contributed by atoms with van der Waals surface area (Å²) in [5.41, 5.74) is 2.65. The monoisotopic (exact) mass is 456 g/mol. The highest BCUT2D eigenvalue weighted by Gasteiger charge is 2.06. The molecular weight excluding hydrogens is 420 g/mol. The minimum atomic E-state index is 0.891. The normalized spacial score (nSPS) is 11.2. The molecule has 0 aliphatic rings. The lowest BCUT2D eigenvalue weighted by atomic mass is 10.0. The molecule has 4 aromatic carbocycles. The van der Waals surface area contributed by atoms with E-state index in [0.29, 0.717) is 0 Å². The van der Waals surface area contributed by atoms with E-state index in [1.807, 2.05) is 0 Å². The quantitative estimate of drug-likeness (QED) is 0.227. The first kappa shape index (κ1) is 24.1. The van der Waals surface area contributed by atoms with Crippen molar-refractivity contribution in [2.75, 3.05) is 27.3 Å². The Morgan fingerprint density at radius 2 is 0.912 bits per heavy atom. The first-order valence-electron chi connectivity index (χ1n) is 12.3. The van der Waals surface area contributed by atoms with Crippen molar-refractivity contribution in [2.45, 2.75) is 38.8 Å². The zero-order valence-corrected chi connectivity index (χ0v) is 20.4. The van der Waals surface area contributed by atoms with Crippen molar-refractivity contribution in [2.24, 2.45) is 0 Å². The highest BCUT2D eigenvalue weighted by atomic mass is 16.5. The fourth-order valence-corrected chi connectivity index (χ4v) is 4.63. The van der Waals surface area contributed by atoms with Crippen molar-refractivity contribution < 1.29 is 9.47 Å². The van der Waals surface area contributed by atoms with Gasteiger partial charge < -0.3 is 20.1 Å². The van der Waals surface area contributed by atoms with Crippen LogP contribution in [-0.2, 0) is 13.1 Å². The molecule has 4 heteroatoms. The van der Waals surface area contributed by atoms with Gasteiger partial charge in [-0.3, -0.25) is 0 Å². The maximum absolute atomic E-state index is 5.50. The van der Waals surface area contributed by atoms with Gasteiger partial charge in [-0.1, -0.05) is 73.5 Å². The molecule has 0 saturated carbocycles. The summed E-state index contributed by atoms with van der Waals surface area (Å²) in [7, 11) is 3.46. The fraction of sp³-hybridized carbons (Fsp3) is 0.333. The molecule has 2 N–H and O–H groups in total. The third-order valence-electron chi connectivity index (χ3n) is 6.48. The molecule has 34 heavy (non-hydrogen) atoms. The number of benzene rings is 4. The Hall–Kier alpha value is -3.08. The zero-order chi connectivity index (χ0) is 23.6. The Kier molecular flexibility index (Phi) is 8.78. The Balaban J connectivity index is 1.12. The second kappa shape index (κ2) is 12.4. The van der Waals surface area contributed by atoms with Crippen molar-refractivity contribution in [1.82, 2.24) is 10.6 Å². The van der Waals surface area contributed by atoms with Crippen molar-refractivity contribution in [1.29, 1.82) is 0 Å². The number of unbranched alkanes of at least 4 members (excludes halogenated alkanes) is 3. The van der Waals surface area contributed by atoms with Crippen molar-refractivity contribution in [3.05, 3.63) is 83.9 Å². The number of fused-ring (bicyclic) bond motifs is 2. The van der Waals surface area contributed by atoms with Crippen LogP contribution in [0.2, 0.25) is 0 Å². The zero-order valence-electron chi connectivity index (χ0n) is 20.4. The number of hydrogen-bond donors (Lipinski definition) is 2. The lowest BCUT2D eigenvalue weighted by Gasteiger charge is -2.12. The topological polar surface area (TPSA) is 42.5 Å². The van der Waals surface area contributed by atoms with Crippen molar-refractivity contribution in [3.8, 4) is 11.5 Å². The van der Waals surface area contributed by atoms with Gasteiger partial charge in [0.2, 0.25) is 0 Å². The van der Waals surface area contributed by atoms with Crippen LogP contribution < -0.4 is 20.1 Å². The number of ether oxygens (including phenoxy) is 2. The summed E-state index contributed by atoms with van der Waals surface area (Å²) in [4.78, 5) is 0. The molecule has 0 bridgehead atoms. The summed E-state index contributed by atoms with van der Waals surface area (Å²) >= 11 is 0. The molecule has 0 saturated heterocycles. The van der Waals surface area contributed by atoms with Gasteiger partial charge in [0.15, 0.2) is 0 Å². The second-order valence-electron chi connectivity index (χ2n) is 8.71. The van der Waals surface area contributed by atoms with Crippen LogP contribution in [0, 0.1) is 0 Å². The van der Waals surface area contributed by atoms with Crippen molar-refractivity contribution in [3.63, 3.8) is 0 Å². The van der Waals surface area contributed by atoms with Gasteiger partial charge in [-0.2, -0.15) is 0 Å². The molecule has 0 aliphatic carbocycles. The van der Waals surface area contributed by atoms with Gasteiger partial charge in [-0.25, -0.2) is 0 Å². The Labute approximate surface area is 203 Å². The summed E-state index contributed by atoms with van der Waals surface area (Å²) in [5.74, 6) is 1.88. The highest BCUT2D eigenvalue weighted by molar-refractivity contribution is 5.91. The fourth-order valence-electron chi connectivity index (χ4n) is 4.63. The smallest absolute Gasteiger partial charge is 0.126 e. The average molecular weight is 457 g/mol. The predicted molar refractivity (Wildman–Crippen MR) is 143 cm³/mol. The number of rotatable bonds is 13. The molecule has 0 radical (unpaired) electrons. The lowest BCUT2D eigenvalue weighted by Crippen LogP contribution is -2.16. The third kappa shape index (κ3) is 5.88. The highest BCUT2D eigenvalue weighted by Crippen LogP contribution is 2.29. The molecule has 178 valence electrons. The first-order chi connectivity index (χ1) is 16.8. The molecule has 0 atom stereocenters. The summed E-state index contributed by atoms with van der Waals surface area (Å²) in [6.07, 6.45) is 4.92. The van der Waals surface area contributed by atoms with E-state index in [1.54, 1.807) is 14.2 Å². The average Bonchev–Trinajstić information content (AvgIpc) is 2.89. The van der Waals surface area contributed by atoms with E-state index in [2.05, 4.69) is 83.4 Å². The van der Waals surface area contributed by atoms with Crippen LogP contribution >= 0.6 is 0 Å². The van der Waals surface area contributed by atoms with E-state index in [9.17, 15) is 0 Å². The van der Waals surface area contributed by atoms with Gasteiger partial charge in [0, 0.05) is 23.9 Å². The van der Waals surface area contributed by atoms with Crippen LogP contribution in [-0.4, -0.2) is 27.3 Å². The summed E-state index contributed by atoms with van der Waals surface area (Å²) in [6, 6.07) is 25.4. The summed E-state index contributed by atoms with van der Waals surface area (Å²) in [5, 5.41) is 12.1. The third-order valence-corrected chi connectivity index (χ3v) is 6.48. The molecule has 0 heterocycles. The minimum absolute atomic E-state index is 0.891. The Morgan fingerprint density at radius 1 is 0.500 bits per heavy atom. The number of nitrogens with one attached hydrogen (secondary N) is 2. The maximum atomic E-state index is 5.50. The van der Waals surface area contributed by atoms with Gasteiger partial charge in [0.05, 0.1) is 14.2 Å². The van der Waals surface area contributed by atoms with Crippen LogP contribution in [0.4, 0.5) is 0 Å². The molecule has 4 nitrogen and oxygen atoms in total. The standard InChI is InChI=1S/C30H36N2O2/c1-33-29-17-15-23(25-11-5-7-13-27(25)29)21-31-19-9-3-4-10-20-32-22-24-16-18-30(34-2)28-14-8-6-12-26(24)28/h5-8,11-18,31-32H,3-4,9-10,19-22H2,1-2H3. The van der Waals surface area contributed by atoms with Gasteiger partial charge in [-0.15, -0.1) is 0 Å². The molecule has 0 fully saturated rings. The molecule has 0 spiro atoms. The van der Waals surface area contributed by atoms with Crippen LogP contribution in [0.25, 0.3) is 21.5 Å². The SMILES string of the molecule is COc1ccc(CNCCCCCCNCc2ccc(OC)c3ccccc23)c2ccccc12. The van der Waals surface area contributed by atoms with Gasteiger partial charge >= 0.3 is 0 Å². The molecule has 0 amide bonds. The number of methoxy groups -OCH3 is 2. The van der Waals surface area contributed by atoms with Gasteiger partial charge in [-0.05, 0) is 60.0 Å². The lowest BCUT2D eigenvalue weighted by molar-refractivity contribution is 0.419. The van der Waals surface area contributed by atoms with Crippen LogP contribution in [0.5, 0.6) is 11.5 Å². The van der Waals surface area contributed by atoms with E-state index in [-0.39, 0.29) is 0 Å². The molecular formula is C30H36N2O2. The number of hydrogen-bond acceptors (Lipinski definition) is 4. The van der Waals surface area contributed by atoms with E-state index in [1.165, 1.54) is 58.4 Å². The first-order valence-corrected chi connectivity index (χ1v) is 12.3. The molecule has 0 aromatic heterocycles. The Bertz CT molecular complexity index is 1110. The molecule has 0 unspecified atom stereocenters. The Morgan fingerprint density at radius 3 is 1.32 bits per heavy atom. The largest absolute Gasteiger partial charge is 0.496 e. The summed E-state index contributed by atoms with van der Waals surface area (Å²) in [6.45, 7) is 3.88. The van der Waals surface area contributed by atoms with Crippen molar-refractivity contribution >= 4 is 21.5 Å². The van der Waals surface area contributed by atoms with Crippen LogP contribution in [0.15, 0.2) is 72.8 Å². The molecule has 4 aromatic rings. The molecule has 4 rings (SSSR count). The van der Waals surface area contributed by atoms with Gasteiger partial charge in [0.1, 0.15) is 11.5 Å².